The van der Waals surface area contributed by atoms with E-state index in [0.29, 0.717) is 0 Å². The molecule has 0 bridgehead atoms. The first kappa shape index (κ1) is 13.8. The highest BCUT2D eigenvalue weighted by Gasteiger charge is 2.24. The smallest absolute Gasteiger partial charge is 0.223 e. The minimum atomic E-state index is 0.171. The molecule has 0 aromatic heterocycles. The maximum Gasteiger partial charge on any atom is 0.223 e. The Bertz CT molecular complexity index is 211. The molecule has 0 radical (unpaired) electrons. The summed E-state index contributed by atoms with van der Waals surface area (Å²) in [6, 6.07) is 0.237. The third-order valence-electron chi connectivity index (χ3n) is 3.16. The van der Waals surface area contributed by atoms with Gasteiger partial charge in [-0.25, -0.2) is 0 Å². The third-order valence-corrected chi connectivity index (χ3v) is 3.86. The van der Waals surface area contributed by atoms with Gasteiger partial charge in [0, 0.05) is 18.5 Å². The lowest BCUT2D eigenvalue weighted by Crippen LogP contribution is -2.38. The quantitative estimate of drug-likeness (QED) is 0.700. The standard InChI is InChI=1S/C12H24N2OS/c1-16-8-3-2-7-14-12(15)10-5-4-6-11(13)9-10/h10-11H,2-9,13H2,1H3,(H,14,15)/t10-,11+/m0/s1. The largest absolute Gasteiger partial charge is 0.356 e. The summed E-state index contributed by atoms with van der Waals surface area (Å²) in [4.78, 5) is 11.8. The highest BCUT2D eigenvalue weighted by atomic mass is 32.2. The van der Waals surface area contributed by atoms with Crippen molar-refractivity contribution in [3.05, 3.63) is 0 Å². The Balaban J connectivity index is 2.09. The van der Waals surface area contributed by atoms with Gasteiger partial charge in [0.15, 0.2) is 0 Å². The average molecular weight is 244 g/mol. The van der Waals surface area contributed by atoms with Crippen molar-refractivity contribution in [2.75, 3.05) is 18.6 Å². The summed E-state index contributed by atoms with van der Waals surface area (Å²) in [7, 11) is 0. The van der Waals surface area contributed by atoms with Gasteiger partial charge in [-0.2, -0.15) is 11.8 Å². The van der Waals surface area contributed by atoms with Crippen molar-refractivity contribution in [3.8, 4) is 0 Å². The monoisotopic (exact) mass is 244 g/mol. The zero-order valence-corrected chi connectivity index (χ0v) is 11.0. The van der Waals surface area contributed by atoms with Crippen molar-refractivity contribution in [1.82, 2.24) is 5.32 Å². The maximum atomic E-state index is 11.8. The van der Waals surface area contributed by atoms with E-state index >= 15 is 0 Å². The summed E-state index contributed by atoms with van der Waals surface area (Å²) in [5, 5.41) is 3.03. The molecule has 1 fully saturated rings. The lowest BCUT2D eigenvalue weighted by Gasteiger charge is -2.25. The van der Waals surface area contributed by atoms with Crippen LogP contribution in [0.15, 0.2) is 0 Å². The molecule has 1 aliphatic carbocycles. The maximum absolute atomic E-state index is 11.8. The molecule has 0 heterocycles. The Hall–Kier alpha value is -0.220. The van der Waals surface area contributed by atoms with E-state index in [0.717, 1.165) is 38.6 Å². The van der Waals surface area contributed by atoms with Crippen molar-refractivity contribution in [1.29, 1.82) is 0 Å². The molecule has 16 heavy (non-hydrogen) atoms. The highest BCUT2D eigenvalue weighted by Crippen LogP contribution is 2.22. The summed E-state index contributed by atoms with van der Waals surface area (Å²) in [5.74, 6) is 1.58. The van der Waals surface area contributed by atoms with E-state index in [1.807, 2.05) is 11.8 Å². The number of amides is 1. The SMILES string of the molecule is CSCCCCNC(=O)[C@H]1CCC[C@@H](N)C1. The average Bonchev–Trinajstić information content (AvgIpc) is 2.28. The Morgan fingerprint density at radius 3 is 2.94 bits per heavy atom. The molecule has 1 rings (SSSR count). The van der Waals surface area contributed by atoms with Gasteiger partial charge in [-0.05, 0) is 44.1 Å². The van der Waals surface area contributed by atoms with E-state index in [2.05, 4.69) is 11.6 Å². The van der Waals surface area contributed by atoms with Crippen LogP contribution in [0, 0.1) is 5.92 Å². The molecule has 0 spiro atoms. The number of carbonyl (C=O) groups excluding carboxylic acids is 1. The van der Waals surface area contributed by atoms with Crippen LogP contribution < -0.4 is 11.1 Å². The lowest BCUT2D eigenvalue weighted by molar-refractivity contribution is -0.126. The number of nitrogens with two attached hydrogens (primary N) is 1. The zero-order valence-electron chi connectivity index (χ0n) is 10.2. The summed E-state index contributed by atoms with van der Waals surface area (Å²) < 4.78 is 0. The highest BCUT2D eigenvalue weighted by molar-refractivity contribution is 7.98. The number of rotatable bonds is 6. The van der Waals surface area contributed by atoms with Gasteiger partial charge < -0.3 is 11.1 Å². The topological polar surface area (TPSA) is 55.1 Å². The fraction of sp³-hybridized carbons (Fsp3) is 0.917. The van der Waals surface area contributed by atoms with E-state index in [9.17, 15) is 4.79 Å². The van der Waals surface area contributed by atoms with Gasteiger partial charge in [0.05, 0.1) is 0 Å². The number of hydrogen-bond acceptors (Lipinski definition) is 3. The van der Waals surface area contributed by atoms with E-state index in [1.54, 1.807) is 0 Å². The van der Waals surface area contributed by atoms with Gasteiger partial charge in [-0.3, -0.25) is 4.79 Å². The number of carbonyl (C=O) groups is 1. The van der Waals surface area contributed by atoms with E-state index in [1.165, 1.54) is 12.2 Å². The first-order valence-corrected chi connectivity index (χ1v) is 7.65. The molecule has 1 saturated carbocycles. The number of unbranched alkanes of at least 4 members (excludes halogenated alkanes) is 1. The second-order valence-electron chi connectivity index (χ2n) is 4.61. The van der Waals surface area contributed by atoms with Crippen molar-refractivity contribution in [2.45, 2.75) is 44.6 Å². The molecular formula is C12H24N2OS. The van der Waals surface area contributed by atoms with Crippen LogP contribution in [0.4, 0.5) is 0 Å². The van der Waals surface area contributed by atoms with Crippen LogP contribution in [0.2, 0.25) is 0 Å². The lowest BCUT2D eigenvalue weighted by atomic mass is 9.85. The molecule has 1 aliphatic rings. The van der Waals surface area contributed by atoms with E-state index in [4.69, 9.17) is 5.73 Å². The fourth-order valence-corrected chi connectivity index (χ4v) is 2.69. The van der Waals surface area contributed by atoms with Gasteiger partial charge in [0.25, 0.3) is 0 Å². The predicted octanol–water partition coefficient (Wildman–Crippen LogP) is 1.76. The molecule has 0 unspecified atom stereocenters. The molecule has 94 valence electrons. The Morgan fingerprint density at radius 1 is 1.44 bits per heavy atom. The van der Waals surface area contributed by atoms with Gasteiger partial charge >= 0.3 is 0 Å². The van der Waals surface area contributed by atoms with Crippen LogP contribution in [0.5, 0.6) is 0 Å². The summed E-state index contributed by atoms with van der Waals surface area (Å²) in [6.45, 7) is 0.825. The fourth-order valence-electron chi connectivity index (χ4n) is 2.19. The van der Waals surface area contributed by atoms with Crippen molar-refractivity contribution < 1.29 is 4.79 Å². The van der Waals surface area contributed by atoms with Gasteiger partial charge in [-0.15, -0.1) is 0 Å². The normalized spacial score (nSPS) is 25.4. The number of nitrogens with one attached hydrogen (secondary N) is 1. The van der Waals surface area contributed by atoms with Gasteiger partial charge in [-0.1, -0.05) is 6.42 Å². The van der Waals surface area contributed by atoms with Gasteiger partial charge in [0.1, 0.15) is 0 Å². The number of thioether (sulfide) groups is 1. The number of hydrogen-bond donors (Lipinski definition) is 2. The first-order chi connectivity index (χ1) is 7.74. The predicted molar refractivity (Wildman–Crippen MR) is 70.6 cm³/mol. The molecule has 0 aliphatic heterocycles. The van der Waals surface area contributed by atoms with Crippen LogP contribution in [-0.2, 0) is 4.79 Å². The molecule has 4 heteroatoms. The second kappa shape index (κ2) is 7.96. The van der Waals surface area contributed by atoms with Crippen LogP contribution in [-0.4, -0.2) is 30.5 Å². The van der Waals surface area contributed by atoms with E-state index < -0.39 is 0 Å². The molecule has 3 N–H and O–H groups in total. The van der Waals surface area contributed by atoms with Crippen LogP contribution >= 0.6 is 11.8 Å². The van der Waals surface area contributed by atoms with Crippen LogP contribution in [0.3, 0.4) is 0 Å². The molecule has 0 saturated heterocycles. The van der Waals surface area contributed by atoms with Crippen molar-refractivity contribution in [3.63, 3.8) is 0 Å². The minimum absolute atomic E-state index is 0.171. The first-order valence-electron chi connectivity index (χ1n) is 6.26. The third kappa shape index (κ3) is 5.21. The zero-order chi connectivity index (χ0) is 11.8. The van der Waals surface area contributed by atoms with Crippen LogP contribution in [0.1, 0.15) is 38.5 Å². The Labute approximate surface area is 103 Å². The molecular weight excluding hydrogens is 220 g/mol. The van der Waals surface area contributed by atoms with Crippen molar-refractivity contribution in [2.24, 2.45) is 11.7 Å². The Kier molecular flexibility index (Phi) is 6.88. The summed E-state index contributed by atoms with van der Waals surface area (Å²) in [6.07, 6.45) is 8.46. The molecule has 3 nitrogen and oxygen atoms in total. The van der Waals surface area contributed by atoms with E-state index in [-0.39, 0.29) is 17.9 Å². The summed E-state index contributed by atoms with van der Waals surface area (Å²) >= 11 is 1.86. The second-order valence-corrected chi connectivity index (χ2v) is 5.60. The van der Waals surface area contributed by atoms with Gasteiger partial charge in [0.2, 0.25) is 5.91 Å². The van der Waals surface area contributed by atoms with Crippen molar-refractivity contribution >= 4 is 17.7 Å². The molecule has 0 aromatic rings. The minimum Gasteiger partial charge on any atom is -0.356 e. The van der Waals surface area contributed by atoms with Crippen LogP contribution in [0.25, 0.3) is 0 Å². The molecule has 2 atom stereocenters. The Morgan fingerprint density at radius 2 is 2.25 bits per heavy atom. The molecule has 0 aromatic carbocycles. The molecule has 1 amide bonds. The summed E-state index contributed by atoms with van der Waals surface area (Å²) in [5.41, 5.74) is 5.87.